The molecule has 3 heteroatoms. The molecule has 0 radical (unpaired) electrons. The highest BCUT2D eigenvalue weighted by Gasteiger charge is 2.03. The minimum atomic E-state index is 0.0115. The van der Waals surface area contributed by atoms with Crippen LogP contribution in [-0.4, -0.2) is 18.6 Å². The smallest absolute Gasteiger partial charge is 0.185 e. The van der Waals surface area contributed by atoms with Gasteiger partial charge in [-0.05, 0) is 60.7 Å². The Morgan fingerprint density at radius 3 is 1.74 bits per heavy atom. The van der Waals surface area contributed by atoms with E-state index in [2.05, 4.69) is 25.3 Å². The van der Waals surface area contributed by atoms with Gasteiger partial charge in [0.25, 0.3) is 0 Å². The minimum absolute atomic E-state index is 0.0115. The van der Waals surface area contributed by atoms with E-state index < -0.39 is 0 Å². The van der Waals surface area contributed by atoms with Gasteiger partial charge in [-0.2, -0.15) is 0 Å². The molecule has 0 amide bonds. The number of ether oxygens (including phenoxy) is 1. The third kappa shape index (κ3) is 13.6. The molecule has 0 aliphatic rings. The first-order chi connectivity index (χ1) is 17.2. The molecule has 0 aliphatic carbocycles. The van der Waals surface area contributed by atoms with Crippen LogP contribution in [0.4, 0.5) is 0 Å². The monoisotopic (exact) mass is 494 g/mol. The molecule has 0 heterocycles. The van der Waals surface area contributed by atoms with Gasteiger partial charge in [0.1, 0.15) is 5.75 Å². The second-order valence-electron chi connectivity index (χ2n) is 9.44. The van der Waals surface area contributed by atoms with Crippen molar-refractivity contribution in [3.63, 3.8) is 0 Å². The third-order valence-corrected chi connectivity index (χ3v) is 7.19. The molecular weight excluding hydrogens is 448 g/mol. The molecule has 0 saturated heterocycles. The zero-order valence-corrected chi connectivity index (χ0v) is 22.9. The number of unbranched alkanes of at least 4 members (excludes halogenated alkanes) is 13. The number of hydrogen-bond donors (Lipinski definition) is 0. The quantitative estimate of drug-likeness (QED) is 0.0792. The van der Waals surface area contributed by atoms with Crippen molar-refractivity contribution in [2.45, 2.75) is 102 Å². The molecule has 0 saturated carbocycles. The van der Waals surface area contributed by atoms with Crippen molar-refractivity contribution >= 4 is 23.6 Å². The maximum atomic E-state index is 12.4. The number of allylic oxidation sites excluding steroid dienone is 1. The van der Waals surface area contributed by atoms with Crippen LogP contribution in [0.2, 0.25) is 0 Å². The van der Waals surface area contributed by atoms with E-state index in [4.69, 9.17) is 4.74 Å². The fraction of sp³-hybridized carbons (Fsp3) is 0.531. The lowest BCUT2D eigenvalue weighted by Crippen LogP contribution is -1.99. The molecule has 0 spiro atoms. The molecule has 192 valence electrons. The Morgan fingerprint density at radius 2 is 1.23 bits per heavy atom. The normalized spacial score (nSPS) is 11.3. The summed E-state index contributed by atoms with van der Waals surface area (Å²) in [6.07, 6.45) is 24.6. The molecular formula is C32H46O2S. The van der Waals surface area contributed by atoms with E-state index in [0.717, 1.165) is 24.3 Å². The predicted molar refractivity (Wildman–Crippen MR) is 154 cm³/mol. The standard InChI is InChI=1S/C32H46O2S/c1-3-4-5-6-7-8-9-10-11-12-13-14-15-16-27-34-30-22-20-29(21-23-30)32(33)26-19-28-17-24-31(35-2)25-18-28/h17-26H,3-16,27H2,1-2H3/b26-19+. The highest BCUT2D eigenvalue weighted by atomic mass is 32.2. The van der Waals surface area contributed by atoms with Gasteiger partial charge >= 0.3 is 0 Å². The number of benzene rings is 2. The largest absolute Gasteiger partial charge is 0.494 e. The van der Waals surface area contributed by atoms with Crippen molar-refractivity contribution in [1.29, 1.82) is 0 Å². The maximum Gasteiger partial charge on any atom is 0.185 e. The Balaban J connectivity index is 1.49. The van der Waals surface area contributed by atoms with Crippen LogP contribution in [0.25, 0.3) is 6.08 Å². The molecule has 0 aliphatic heterocycles. The van der Waals surface area contributed by atoms with Crippen LogP contribution in [-0.2, 0) is 0 Å². The minimum Gasteiger partial charge on any atom is -0.494 e. The van der Waals surface area contributed by atoms with Crippen LogP contribution in [0.5, 0.6) is 5.75 Å². The SMILES string of the molecule is CCCCCCCCCCCCCCCCOc1ccc(C(=O)/C=C/c2ccc(SC)cc2)cc1. The molecule has 0 fully saturated rings. The lowest BCUT2D eigenvalue weighted by molar-refractivity contribution is 0.104. The summed E-state index contributed by atoms with van der Waals surface area (Å²) in [5.74, 6) is 0.852. The number of hydrogen-bond acceptors (Lipinski definition) is 3. The lowest BCUT2D eigenvalue weighted by Gasteiger charge is -2.07. The van der Waals surface area contributed by atoms with E-state index >= 15 is 0 Å². The number of carbonyl (C=O) groups excluding carboxylic acids is 1. The second kappa shape index (κ2) is 19.2. The molecule has 0 bridgehead atoms. The Bertz CT molecular complexity index is 824. The van der Waals surface area contributed by atoms with Crippen LogP contribution in [0.3, 0.4) is 0 Å². The zero-order valence-electron chi connectivity index (χ0n) is 22.1. The highest BCUT2D eigenvalue weighted by molar-refractivity contribution is 7.98. The van der Waals surface area contributed by atoms with Crippen LogP contribution < -0.4 is 4.74 Å². The summed E-state index contributed by atoms with van der Waals surface area (Å²) < 4.78 is 5.87. The van der Waals surface area contributed by atoms with Crippen molar-refractivity contribution < 1.29 is 9.53 Å². The summed E-state index contributed by atoms with van der Waals surface area (Å²) in [5.41, 5.74) is 1.72. The van der Waals surface area contributed by atoms with Crippen molar-refractivity contribution in [3.05, 3.63) is 65.7 Å². The average molecular weight is 495 g/mol. The van der Waals surface area contributed by atoms with Gasteiger partial charge in [0.15, 0.2) is 5.78 Å². The van der Waals surface area contributed by atoms with E-state index in [0.29, 0.717) is 5.56 Å². The summed E-state index contributed by atoms with van der Waals surface area (Å²) in [7, 11) is 0. The van der Waals surface area contributed by atoms with Crippen molar-refractivity contribution in [2.24, 2.45) is 0 Å². The molecule has 2 aromatic carbocycles. The average Bonchev–Trinajstić information content (AvgIpc) is 2.90. The summed E-state index contributed by atoms with van der Waals surface area (Å²) >= 11 is 1.71. The van der Waals surface area contributed by atoms with Crippen molar-refractivity contribution in [2.75, 3.05) is 12.9 Å². The van der Waals surface area contributed by atoms with Gasteiger partial charge in [-0.1, -0.05) is 109 Å². The van der Waals surface area contributed by atoms with Gasteiger partial charge in [-0.25, -0.2) is 0 Å². The Kier molecular flexibility index (Phi) is 16.1. The highest BCUT2D eigenvalue weighted by Crippen LogP contribution is 2.17. The van der Waals surface area contributed by atoms with Crippen molar-refractivity contribution in [1.82, 2.24) is 0 Å². The number of ketones is 1. The number of rotatable bonds is 20. The van der Waals surface area contributed by atoms with Gasteiger partial charge in [0.2, 0.25) is 0 Å². The van der Waals surface area contributed by atoms with E-state index in [9.17, 15) is 4.79 Å². The fourth-order valence-electron chi connectivity index (χ4n) is 4.19. The second-order valence-corrected chi connectivity index (χ2v) is 10.3. The van der Waals surface area contributed by atoms with Crippen LogP contribution in [0.1, 0.15) is 113 Å². The molecule has 2 aromatic rings. The van der Waals surface area contributed by atoms with Crippen LogP contribution in [0.15, 0.2) is 59.5 Å². The Labute approximate surface area is 218 Å². The molecule has 35 heavy (non-hydrogen) atoms. The molecule has 0 atom stereocenters. The summed E-state index contributed by atoms with van der Waals surface area (Å²) in [6.45, 7) is 3.03. The topological polar surface area (TPSA) is 26.3 Å². The molecule has 2 rings (SSSR count). The van der Waals surface area contributed by atoms with E-state index in [1.165, 1.54) is 88.4 Å². The fourth-order valence-corrected chi connectivity index (χ4v) is 4.59. The Morgan fingerprint density at radius 1 is 0.714 bits per heavy atom. The molecule has 0 aromatic heterocycles. The van der Waals surface area contributed by atoms with Crippen molar-refractivity contribution in [3.8, 4) is 5.75 Å². The van der Waals surface area contributed by atoms with E-state index in [-0.39, 0.29) is 5.78 Å². The van der Waals surface area contributed by atoms with Gasteiger partial charge in [0.05, 0.1) is 6.61 Å². The van der Waals surface area contributed by atoms with E-state index in [1.54, 1.807) is 17.8 Å². The predicted octanol–water partition coefficient (Wildman–Crippen LogP) is 10.2. The maximum absolute atomic E-state index is 12.4. The first kappa shape index (κ1) is 29.2. The summed E-state index contributed by atoms with van der Waals surface area (Å²) in [5, 5.41) is 0. The molecule has 0 unspecified atom stereocenters. The van der Waals surface area contributed by atoms with E-state index in [1.807, 2.05) is 42.5 Å². The molecule has 2 nitrogen and oxygen atoms in total. The number of thioether (sulfide) groups is 1. The van der Waals surface area contributed by atoms with Crippen LogP contribution >= 0.6 is 11.8 Å². The molecule has 0 N–H and O–H groups in total. The third-order valence-electron chi connectivity index (χ3n) is 6.45. The lowest BCUT2D eigenvalue weighted by atomic mass is 10.0. The number of carbonyl (C=O) groups is 1. The first-order valence-corrected chi connectivity index (χ1v) is 15.0. The summed E-state index contributed by atoms with van der Waals surface area (Å²) in [4.78, 5) is 13.6. The van der Waals surface area contributed by atoms with Crippen LogP contribution in [0, 0.1) is 0 Å². The van der Waals surface area contributed by atoms with Gasteiger partial charge in [0, 0.05) is 10.5 Å². The summed E-state index contributed by atoms with van der Waals surface area (Å²) in [6, 6.07) is 15.7. The first-order valence-electron chi connectivity index (χ1n) is 13.8. The van der Waals surface area contributed by atoms with Gasteiger partial charge in [-0.3, -0.25) is 4.79 Å². The van der Waals surface area contributed by atoms with Gasteiger partial charge in [-0.15, -0.1) is 11.8 Å². The Hall–Kier alpha value is -2.00. The van der Waals surface area contributed by atoms with Gasteiger partial charge < -0.3 is 4.74 Å². The zero-order chi connectivity index (χ0) is 25.0.